The van der Waals surface area contributed by atoms with Gasteiger partial charge in [-0.1, -0.05) is 45.0 Å². The van der Waals surface area contributed by atoms with E-state index in [0.29, 0.717) is 53.9 Å². The van der Waals surface area contributed by atoms with Gasteiger partial charge >= 0.3 is 5.63 Å². The van der Waals surface area contributed by atoms with E-state index in [1.165, 1.54) is 17.8 Å². The number of hydrogen-bond acceptors (Lipinski definition) is 9. The van der Waals surface area contributed by atoms with Gasteiger partial charge in [0.1, 0.15) is 41.5 Å². The summed E-state index contributed by atoms with van der Waals surface area (Å²) in [4.78, 5) is 34.5. The summed E-state index contributed by atoms with van der Waals surface area (Å²) in [7, 11) is 0. The molecule has 0 saturated carbocycles. The van der Waals surface area contributed by atoms with E-state index in [4.69, 9.17) is 19.1 Å². The van der Waals surface area contributed by atoms with E-state index in [2.05, 4.69) is 22.0 Å². The number of unbranched alkanes of at least 4 members (excludes halogenated alkanes) is 1. The third-order valence-electron chi connectivity index (χ3n) is 4.48. The molecule has 0 radical (unpaired) electrons. The van der Waals surface area contributed by atoms with Crippen LogP contribution in [0.5, 0.6) is 5.75 Å². The van der Waals surface area contributed by atoms with Crippen molar-refractivity contribution in [3.8, 4) is 5.75 Å². The second kappa shape index (κ2) is 16.9. The van der Waals surface area contributed by atoms with E-state index >= 15 is 0 Å². The van der Waals surface area contributed by atoms with Crippen LogP contribution < -0.4 is 15.7 Å². The van der Waals surface area contributed by atoms with Gasteiger partial charge in [0.2, 0.25) is 5.91 Å². The largest absolute Gasteiger partial charge is 0.489 e. The molecule has 0 aromatic carbocycles. The summed E-state index contributed by atoms with van der Waals surface area (Å²) in [5.41, 5.74) is 0.0666. The first kappa shape index (κ1) is 29.4. The van der Waals surface area contributed by atoms with E-state index in [1.54, 1.807) is 19.1 Å². The molecule has 0 fully saturated rings. The highest BCUT2D eigenvalue weighted by molar-refractivity contribution is 8.16. The van der Waals surface area contributed by atoms with Crippen molar-refractivity contribution in [2.45, 2.75) is 65.5 Å². The molecular formula is C24H37N3O6S. The van der Waals surface area contributed by atoms with Crippen molar-refractivity contribution in [2.24, 2.45) is 10.1 Å². The minimum Gasteiger partial charge on any atom is -0.489 e. The molecule has 34 heavy (non-hydrogen) atoms. The van der Waals surface area contributed by atoms with Crippen molar-refractivity contribution in [3.63, 3.8) is 0 Å². The fourth-order valence-corrected chi connectivity index (χ4v) is 3.88. The Bertz CT molecular complexity index is 884. The molecule has 9 nitrogen and oxygen atoms in total. The molecule has 2 rings (SSSR count). The summed E-state index contributed by atoms with van der Waals surface area (Å²) in [5, 5.41) is 16.4. The number of aliphatic hydroxyl groups is 1. The van der Waals surface area contributed by atoms with Gasteiger partial charge in [-0.15, -0.1) is 11.8 Å². The Labute approximate surface area is 205 Å². The number of nitrogens with zero attached hydrogens (tertiary/aromatic N) is 2. The van der Waals surface area contributed by atoms with Crippen LogP contribution in [0.15, 0.2) is 44.1 Å². The van der Waals surface area contributed by atoms with Crippen LogP contribution in [0, 0.1) is 0 Å². The molecule has 2 heterocycles. The van der Waals surface area contributed by atoms with E-state index in [9.17, 15) is 9.59 Å². The Morgan fingerprint density at radius 3 is 2.88 bits per heavy atom. The van der Waals surface area contributed by atoms with Crippen molar-refractivity contribution in [3.05, 3.63) is 41.0 Å². The van der Waals surface area contributed by atoms with Crippen molar-refractivity contribution in [1.29, 1.82) is 0 Å². The van der Waals surface area contributed by atoms with Crippen molar-refractivity contribution in [2.75, 3.05) is 25.6 Å². The minimum atomic E-state index is -0.569. The monoisotopic (exact) mass is 495 g/mol. The fourth-order valence-electron chi connectivity index (χ4n) is 2.89. The lowest BCUT2D eigenvalue weighted by Gasteiger charge is -2.19. The zero-order valence-electron chi connectivity index (χ0n) is 20.5. The molecule has 190 valence electrons. The zero-order chi connectivity index (χ0) is 25.3. The molecule has 1 aromatic heterocycles. The molecule has 0 aliphatic carbocycles. The van der Waals surface area contributed by atoms with Gasteiger partial charge in [-0.2, -0.15) is 0 Å². The lowest BCUT2D eigenvalue weighted by Crippen LogP contribution is -2.37. The molecule has 1 aromatic rings. The summed E-state index contributed by atoms with van der Waals surface area (Å²) in [6.45, 7) is 12.2. The van der Waals surface area contributed by atoms with Crippen LogP contribution >= 0.6 is 11.8 Å². The molecular weight excluding hydrogens is 458 g/mol. The van der Waals surface area contributed by atoms with Crippen LogP contribution in [0.3, 0.4) is 0 Å². The van der Waals surface area contributed by atoms with Gasteiger partial charge in [-0.25, -0.2) is 4.79 Å². The maximum atomic E-state index is 12.9. The lowest BCUT2D eigenvalue weighted by molar-refractivity contribution is -0.122. The Morgan fingerprint density at radius 2 is 2.21 bits per heavy atom. The van der Waals surface area contributed by atoms with Crippen molar-refractivity contribution >= 4 is 28.4 Å². The van der Waals surface area contributed by atoms with Crippen LogP contribution in [0.25, 0.3) is 0 Å². The van der Waals surface area contributed by atoms with Crippen LogP contribution in [-0.4, -0.2) is 53.4 Å². The molecule has 0 saturated heterocycles. The molecule has 2 unspecified atom stereocenters. The van der Waals surface area contributed by atoms with E-state index in [-0.39, 0.29) is 19.1 Å². The quantitative estimate of drug-likeness (QED) is 0.174. The summed E-state index contributed by atoms with van der Waals surface area (Å²) >= 11 is 1.44. The number of aliphatic imine (C=N–C) groups is 1. The number of oxime groups is 1. The summed E-state index contributed by atoms with van der Waals surface area (Å²) in [5.74, 6) is 0.955. The predicted octanol–water partition coefficient (Wildman–Crippen LogP) is 3.87. The van der Waals surface area contributed by atoms with Gasteiger partial charge in [0.25, 0.3) is 0 Å². The van der Waals surface area contributed by atoms with Crippen LogP contribution in [0.1, 0.15) is 65.2 Å². The molecule has 10 heteroatoms. The van der Waals surface area contributed by atoms with Gasteiger partial charge in [0.05, 0.1) is 12.1 Å². The number of amides is 1. The molecule has 0 bridgehead atoms. The Morgan fingerprint density at radius 1 is 1.44 bits per heavy atom. The highest BCUT2D eigenvalue weighted by Gasteiger charge is 2.29. The normalized spacial score (nSPS) is 16.1. The maximum absolute atomic E-state index is 12.9. The summed E-state index contributed by atoms with van der Waals surface area (Å²) < 4.78 is 10.8. The minimum absolute atomic E-state index is 0.125. The Hall–Kier alpha value is -2.59. The summed E-state index contributed by atoms with van der Waals surface area (Å²) in [6, 6.07) is 1.84. The van der Waals surface area contributed by atoms with Gasteiger partial charge in [0.15, 0.2) is 0 Å². The SMILES string of the molecule is C=CCOc1cc(C(CCC)NC(=O)C2CSC(/C(C)=N/OCCCCO)=N2)oc(=O)c1.CC. The molecule has 2 N–H and O–H groups in total. The number of rotatable bonds is 14. The molecule has 1 amide bonds. The number of aliphatic hydroxyl groups excluding tert-OH is 1. The van der Waals surface area contributed by atoms with Crippen LogP contribution in [0.4, 0.5) is 0 Å². The third-order valence-corrected chi connectivity index (χ3v) is 5.63. The topological polar surface area (TPSA) is 123 Å². The highest BCUT2D eigenvalue weighted by atomic mass is 32.2. The molecule has 0 spiro atoms. The first-order valence-corrected chi connectivity index (χ1v) is 12.6. The highest BCUT2D eigenvalue weighted by Crippen LogP contribution is 2.24. The average molecular weight is 496 g/mol. The van der Waals surface area contributed by atoms with Gasteiger partial charge < -0.3 is 24.4 Å². The second-order valence-electron chi connectivity index (χ2n) is 7.17. The van der Waals surface area contributed by atoms with Crippen molar-refractivity contribution < 1.29 is 23.9 Å². The second-order valence-corrected chi connectivity index (χ2v) is 8.17. The number of carbonyl (C=O) groups excluding carboxylic acids is 1. The van der Waals surface area contributed by atoms with Gasteiger partial charge in [0, 0.05) is 18.4 Å². The van der Waals surface area contributed by atoms with Crippen molar-refractivity contribution in [1.82, 2.24) is 5.32 Å². The first-order valence-electron chi connectivity index (χ1n) is 11.7. The van der Waals surface area contributed by atoms with E-state index in [1.807, 2.05) is 20.8 Å². The van der Waals surface area contributed by atoms with E-state index < -0.39 is 17.7 Å². The number of thioether (sulfide) groups is 1. The maximum Gasteiger partial charge on any atom is 0.339 e. The Balaban J connectivity index is 0.00000281. The van der Waals surface area contributed by atoms with Crippen LogP contribution in [-0.2, 0) is 9.63 Å². The predicted molar refractivity (Wildman–Crippen MR) is 137 cm³/mol. The molecule has 2 atom stereocenters. The van der Waals surface area contributed by atoms with Crippen LogP contribution in [0.2, 0.25) is 0 Å². The molecule has 1 aliphatic heterocycles. The van der Waals surface area contributed by atoms with Gasteiger partial charge in [-0.05, 0) is 26.2 Å². The first-order chi connectivity index (χ1) is 16.5. The number of carbonyl (C=O) groups is 1. The smallest absolute Gasteiger partial charge is 0.339 e. The van der Waals surface area contributed by atoms with E-state index in [0.717, 1.165) is 6.42 Å². The number of hydrogen-bond donors (Lipinski definition) is 2. The Kier molecular flexibility index (Phi) is 14.7. The average Bonchev–Trinajstić information content (AvgIpc) is 3.34. The lowest BCUT2D eigenvalue weighted by atomic mass is 10.1. The van der Waals surface area contributed by atoms with Gasteiger partial charge in [-0.3, -0.25) is 9.79 Å². The molecule has 1 aliphatic rings. The fraction of sp³-hybridized carbons (Fsp3) is 0.583. The number of ether oxygens (including phenoxy) is 1. The summed E-state index contributed by atoms with van der Waals surface area (Å²) in [6.07, 6.45) is 4.33. The zero-order valence-corrected chi connectivity index (χ0v) is 21.4. The number of nitrogens with one attached hydrogen (secondary N) is 1. The third kappa shape index (κ3) is 10.1. The standard InChI is InChI=1S/C22H31N3O6S.C2H6/c1-4-8-17(19-12-16(29-10-5-2)13-20(27)31-19)23-21(28)18-14-32-22(24-18)15(3)25-30-11-7-6-9-26;1-2/h5,12-13,17-18,26H,2,4,6-11,14H2,1,3H3,(H,23,28);1-2H3/b25-15+;.